The summed E-state index contributed by atoms with van der Waals surface area (Å²) in [4.78, 5) is 21.6. The molecule has 144 valence electrons. The molecule has 1 fully saturated rings. The van der Waals surface area contributed by atoms with E-state index in [4.69, 9.17) is 17.3 Å². The first-order chi connectivity index (χ1) is 13.6. The lowest BCUT2D eigenvalue weighted by atomic mass is 10.1. The third-order valence-electron chi connectivity index (χ3n) is 4.93. The van der Waals surface area contributed by atoms with Crippen molar-refractivity contribution in [2.45, 2.75) is 38.5 Å². The largest absolute Gasteiger partial charge is 0.325 e. The van der Waals surface area contributed by atoms with Gasteiger partial charge in [0, 0.05) is 42.3 Å². The maximum Gasteiger partial charge on any atom is 0.251 e. The van der Waals surface area contributed by atoms with Crippen LogP contribution in [0.1, 0.15) is 29.7 Å². The fourth-order valence-electron chi connectivity index (χ4n) is 3.42. The van der Waals surface area contributed by atoms with Crippen LogP contribution in [0.25, 0.3) is 11.4 Å². The molecular formula is C22H23ClN4O. The van der Waals surface area contributed by atoms with Crippen molar-refractivity contribution in [1.29, 1.82) is 0 Å². The van der Waals surface area contributed by atoms with Crippen molar-refractivity contribution in [1.82, 2.24) is 14.9 Å². The molecule has 0 aliphatic heterocycles. The molecule has 0 saturated heterocycles. The van der Waals surface area contributed by atoms with E-state index in [0.717, 1.165) is 23.7 Å². The van der Waals surface area contributed by atoms with Crippen LogP contribution >= 0.6 is 11.6 Å². The number of aromatic amines is 1. The zero-order valence-corrected chi connectivity index (χ0v) is 16.3. The Morgan fingerprint density at radius 1 is 1.07 bits per heavy atom. The van der Waals surface area contributed by atoms with E-state index < -0.39 is 0 Å². The molecule has 0 amide bonds. The van der Waals surface area contributed by atoms with Gasteiger partial charge in [0.2, 0.25) is 0 Å². The molecule has 1 aromatic heterocycles. The minimum Gasteiger partial charge on any atom is -0.325 e. The summed E-state index contributed by atoms with van der Waals surface area (Å²) in [5.41, 5.74) is 9.36. The van der Waals surface area contributed by atoms with E-state index in [1.165, 1.54) is 30.0 Å². The summed E-state index contributed by atoms with van der Waals surface area (Å²) >= 11 is 6.15. The lowest BCUT2D eigenvalue weighted by molar-refractivity contribution is 0.246. The van der Waals surface area contributed by atoms with Gasteiger partial charge in [-0.3, -0.25) is 9.69 Å². The van der Waals surface area contributed by atoms with Crippen molar-refractivity contribution >= 4 is 11.6 Å². The SMILES string of the molecule is NCc1cc(=O)[nH]c(-c2cccc(CN(Cc3cccc(Cl)c3)C3CC3)c2)n1. The quantitative estimate of drug-likeness (QED) is 0.640. The number of hydrogen-bond donors (Lipinski definition) is 2. The number of halogens is 1. The number of nitrogens with zero attached hydrogens (tertiary/aromatic N) is 2. The van der Waals surface area contributed by atoms with Crippen LogP contribution in [0.4, 0.5) is 0 Å². The molecule has 3 N–H and O–H groups in total. The van der Waals surface area contributed by atoms with E-state index >= 15 is 0 Å². The molecule has 3 aromatic rings. The number of benzene rings is 2. The maximum absolute atomic E-state index is 11.9. The monoisotopic (exact) mass is 394 g/mol. The van der Waals surface area contributed by atoms with E-state index in [1.54, 1.807) is 0 Å². The van der Waals surface area contributed by atoms with Crippen LogP contribution in [0, 0.1) is 0 Å². The highest BCUT2D eigenvalue weighted by molar-refractivity contribution is 6.30. The number of H-pyrrole nitrogens is 1. The molecule has 6 heteroatoms. The van der Waals surface area contributed by atoms with Crippen LogP contribution in [0.15, 0.2) is 59.4 Å². The van der Waals surface area contributed by atoms with Gasteiger partial charge in [-0.05, 0) is 42.2 Å². The summed E-state index contributed by atoms with van der Waals surface area (Å²) in [7, 11) is 0. The van der Waals surface area contributed by atoms with Crippen LogP contribution in [0.2, 0.25) is 5.02 Å². The second kappa shape index (κ2) is 8.27. The predicted molar refractivity (Wildman–Crippen MR) is 112 cm³/mol. The molecule has 1 heterocycles. The molecule has 0 radical (unpaired) electrons. The molecule has 5 nitrogen and oxygen atoms in total. The smallest absolute Gasteiger partial charge is 0.251 e. The summed E-state index contributed by atoms with van der Waals surface area (Å²) in [6.45, 7) is 1.95. The van der Waals surface area contributed by atoms with E-state index in [9.17, 15) is 4.79 Å². The standard InChI is InChI=1S/C22H23ClN4O/c23-18-6-2-4-16(10-18)14-27(20-7-8-20)13-15-3-1-5-17(9-15)22-25-19(12-24)11-21(28)26-22/h1-6,9-11,20H,7-8,12-14,24H2,(H,25,26,28). The average molecular weight is 395 g/mol. The highest BCUT2D eigenvalue weighted by atomic mass is 35.5. The van der Waals surface area contributed by atoms with Crippen molar-refractivity contribution in [2.24, 2.45) is 5.73 Å². The Hall–Kier alpha value is -2.47. The summed E-state index contributed by atoms with van der Waals surface area (Å²) in [6, 6.07) is 18.3. The van der Waals surface area contributed by atoms with Gasteiger partial charge < -0.3 is 10.7 Å². The molecule has 1 aliphatic rings. The van der Waals surface area contributed by atoms with Crippen LogP contribution in [0.5, 0.6) is 0 Å². The molecule has 2 aromatic carbocycles. The molecule has 0 unspecified atom stereocenters. The summed E-state index contributed by atoms with van der Waals surface area (Å²) in [6.07, 6.45) is 2.46. The van der Waals surface area contributed by atoms with Crippen molar-refractivity contribution in [3.63, 3.8) is 0 Å². The number of nitrogens with two attached hydrogens (primary N) is 1. The third kappa shape index (κ3) is 4.68. The third-order valence-corrected chi connectivity index (χ3v) is 5.16. The Bertz CT molecular complexity index is 1030. The number of hydrogen-bond acceptors (Lipinski definition) is 4. The molecule has 1 aliphatic carbocycles. The molecule has 1 saturated carbocycles. The average Bonchev–Trinajstić information content (AvgIpc) is 3.52. The van der Waals surface area contributed by atoms with E-state index in [1.807, 2.05) is 30.3 Å². The minimum absolute atomic E-state index is 0.184. The van der Waals surface area contributed by atoms with Gasteiger partial charge in [-0.1, -0.05) is 41.9 Å². The van der Waals surface area contributed by atoms with Crippen molar-refractivity contribution in [3.8, 4) is 11.4 Å². The Kier molecular flexibility index (Phi) is 5.57. The fraction of sp³-hybridized carbons (Fsp3) is 0.273. The lowest BCUT2D eigenvalue weighted by Gasteiger charge is -2.22. The van der Waals surface area contributed by atoms with Gasteiger partial charge in [0.15, 0.2) is 0 Å². The Morgan fingerprint density at radius 2 is 1.79 bits per heavy atom. The van der Waals surface area contributed by atoms with Gasteiger partial charge >= 0.3 is 0 Å². The van der Waals surface area contributed by atoms with Crippen molar-refractivity contribution < 1.29 is 0 Å². The number of nitrogens with one attached hydrogen (secondary N) is 1. The van der Waals surface area contributed by atoms with Gasteiger partial charge in [-0.2, -0.15) is 0 Å². The highest BCUT2D eigenvalue weighted by Crippen LogP contribution is 2.30. The normalized spacial score (nSPS) is 13.8. The van der Waals surface area contributed by atoms with Crippen LogP contribution < -0.4 is 11.3 Å². The zero-order valence-electron chi connectivity index (χ0n) is 15.6. The van der Waals surface area contributed by atoms with Gasteiger partial charge in [0.1, 0.15) is 5.82 Å². The van der Waals surface area contributed by atoms with Crippen LogP contribution in [-0.4, -0.2) is 20.9 Å². The Morgan fingerprint density at radius 3 is 2.46 bits per heavy atom. The first-order valence-electron chi connectivity index (χ1n) is 9.49. The highest BCUT2D eigenvalue weighted by Gasteiger charge is 2.29. The van der Waals surface area contributed by atoms with Gasteiger partial charge in [-0.15, -0.1) is 0 Å². The molecule has 0 spiro atoms. The zero-order chi connectivity index (χ0) is 19.5. The molecule has 0 bridgehead atoms. The van der Waals surface area contributed by atoms with E-state index in [0.29, 0.717) is 17.6 Å². The van der Waals surface area contributed by atoms with Gasteiger partial charge in [0.05, 0.1) is 5.69 Å². The predicted octanol–water partition coefficient (Wildman–Crippen LogP) is 3.71. The Balaban J connectivity index is 1.56. The lowest BCUT2D eigenvalue weighted by Crippen LogP contribution is -2.25. The topological polar surface area (TPSA) is 75.0 Å². The summed E-state index contributed by atoms with van der Waals surface area (Å²) in [5.74, 6) is 0.558. The maximum atomic E-state index is 11.9. The molecular weight excluding hydrogens is 372 g/mol. The fourth-order valence-corrected chi connectivity index (χ4v) is 3.64. The van der Waals surface area contributed by atoms with Crippen LogP contribution in [-0.2, 0) is 19.6 Å². The van der Waals surface area contributed by atoms with Crippen molar-refractivity contribution in [2.75, 3.05) is 0 Å². The molecule has 0 atom stereocenters. The second-order valence-electron chi connectivity index (χ2n) is 7.26. The van der Waals surface area contributed by atoms with E-state index in [-0.39, 0.29) is 12.1 Å². The first kappa shape index (κ1) is 18.9. The molecule has 28 heavy (non-hydrogen) atoms. The van der Waals surface area contributed by atoms with E-state index in [2.05, 4.69) is 33.1 Å². The van der Waals surface area contributed by atoms with Gasteiger partial charge in [0.25, 0.3) is 5.56 Å². The second-order valence-corrected chi connectivity index (χ2v) is 7.69. The van der Waals surface area contributed by atoms with Crippen LogP contribution in [0.3, 0.4) is 0 Å². The molecule has 4 rings (SSSR count). The summed E-state index contributed by atoms with van der Waals surface area (Å²) < 4.78 is 0. The number of rotatable bonds is 7. The van der Waals surface area contributed by atoms with Crippen molar-refractivity contribution in [3.05, 3.63) is 86.8 Å². The minimum atomic E-state index is -0.184. The van der Waals surface area contributed by atoms with Gasteiger partial charge in [-0.25, -0.2) is 4.98 Å². The number of aromatic nitrogens is 2. The Labute approximate surface area is 169 Å². The first-order valence-corrected chi connectivity index (χ1v) is 9.86. The summed E-state index contributed by atoms with van der Waals surface area (Å²) in [5, 5.41) is 0.769.